The molecule has 3 heterocycles. The van der Waals surface area contributed by atoms with Crippen molar-refractivity contribution in [1.82, 2.24) is 19.8 Å². The summed E-state index contributed by atoms with van der Waals surface area (Å²) in [6.45, 7) is 7.99. The van der Waals surface area contributed by atoms with Crippen LogP contribution < -0.4 is 4.74 Å². The second kappa shape index (κ2) is 5.76. The highest BCUT2D eigenvalue weighted by molar-refractivity contribution is 5.35. The third-order valence-electron chi connectivity index (χ3n) is 4.65. The monoisotopic (exact) mass is 304 g/mol. The topological polar surface area (TPSA) is 56.3 Å². The van der Waals surface area contributed by atoms with E-state index in [4.69, 9.17) is 9.26 Å². The van der Waals surface area contributed by atoms with Gasteiger partial charge in [-0.05, 0) is 40.2 Å². The molecular formula is C16H24N4O2. The number of methoxy groups -OCH3 is 1. The Balaban J connectivity index is 1.91. The summed E-state index contributed by atoms with van der Waals surface area (Å²) in [7, 11) is 3.65. The molecule has 1 atom stereocenters. The highest BCUT2D eigenvalue weighted by Gasteiger charge is 2.33. The number of hydrogen-bond acceptors (Lipinski definition) is 5. The lowest BCUT2D eigenvalue weighted by Crippen LogP contribution is -2.24. The first-order valence-corrected chi connectivity index (χ1v) is 7.76. The fourth-order valence-electron chi connectivity index (χ4n) is 3.55. The maximum absolute atomic E-state index is 5.58. The van der Waals surface area contributed by atoms with Gasteiger partial charge in [0, 0.05) is 25.2 Å². The van der Waals surface area contributed by atoms with E-state index in [2.05, 4.69) is 22.1 Å². The number of rotatable bonds is 4. The fraction of sp³-hybridized carbons (Fsp3) is 0.625. The first-order chi connectivity index (χ1) is 10.5. The molecule has 6 heteroatoms. The van der Waals surface area contributed by atoms with E-state index in [-0.39, 0.29) is 0 Å². The minimum absolute atomic E-state index is 0.345. The van der Waals surface area contributed by atoms with Gasteiger partial charge in [0.1, 0.15) is 5.76 Å². The molecule has 2 aromatic rings. The zero-order valence-corrected chi connectivity index (χ0v) is 14.0. The Labute approximate surface area is 131 Å². The molecule has 0 aliphatic carbocycles. The van der Waals surface area contributed by atoms with Crippen LogP contribution in [-0.2, 0) is 13.6 Å². The lowest BCUT2D eigenvalue weighted by molar-refractivity contribution is 0.239. The van der Waals surface area contributed by atoms with Crippen LogP contribution in [0.15, 0.2) is 4.52 Å². The van der Waals surface area contributed by atoms with Gasteiger partial charge >= 0.3 is 0 Å². The van der Waals surface area contributed by atoms with Gasteiger partial charge in [-0.2, -0.15) is 5.10 Å². The summed E-state index contributed by atoms with van der Waals surface area (Å²) in [5.41, 5.74) is 4.45. The summed E-state index contributed by atoms with van der Waals surface area (Å²) in [6, 6.07) is 0.345. The molecule has 1 aliphatic rings. The van der Waals surface area contributed by atoms with Gasteiger partial charge in [0.05, 0.1) is 24.1 Å². The number of ether oxygens (including phenoxy) is 1. The first kappa shape index (κ1) is 15.1. The van der Waals surface area contributed by atoms with E-state index < -0.39 is 0 Å². The molecule has 1 saturated heterocycles. The van der Waals surface area contributed by atoms with Crippen molar-refractivity contribution in [2.45, 2.75) is 46.2 Å². The van der Waals surface area contributed by atoms with E-state index in [1.54, 1.807) is 7.11 Å². The number of hydrogen-bond donors (Lipinski definition) is 0. The molecule has 0 radical (unpaired) electrons. The lowest BCUT2D eigenvalue weighted by Gasteiger charge is -2.25. The largest absolute Gasteiger partial charge is 0.481 e. The van der Waals surface area contributed by atoms with Gasteiger partial charge < -0.3 is 9.26 Å². The van der Waals surface area contributed by atoms with Gasteiger partial charge in [-0.1, -0.05) is 5.16 Å². The molecule has 0 saturated carbocycles. The SMILES string of the molecule is COc1c([C@H]2CCCN2Cc2c(C)noc2C)c(C)nn1C. The zero-order valence-electron chi connectivity index (χ0n) is 14.0. The Morgan fingerprint density at radius 1 is 1.27 bits per heavy atom. The minimum atomic E-state index is 0.345. The first-order valence-electron chi connectivity index (χ1n) is 7.76. The van der Waals surface area contributed by atoms with Crippen molar-refractivity contribution in [2.75, 3.05) is 13.7 Å². The Kier molecular flexibility index (Phi) is 3.95. The van der Waals surface area contributed by atoms with E-state index in [9.17, 15) is 0 Å². The number of aromatic nitrogens is 3. The molecule has 0 unspecified atom stereocenters. The van der Waals surface area contributed by atoms with E-state index in [1.165, 1.54) is 17.5 Å². The van der Waals surface area contributed by atoms with Gasteiger partial charge in [-0.3, -0.25) is 4.90 Å². The summed E-state index contributed by atoms with van der Waals surface area (Å²) < 4.78 is 12.7. The van der Waals surface area contributed by atoms with Crippen LogP contribution in [0.3, 0.4) is 0 Å². The van der Waals surface area contributed by atoms with Gasteiger partial charge in [0.15, 0.2) is 0 Å². The molecule has 6 nitrogen and oxygen atoms in total. The fourth-order valence-corrected chi connectivity index (χ4v) is 3.55. The van der Waals surface area contributed by atoms with Gasteiger partial charge in [0.25, 0.3) is 0 Å². The molecule has 3 rings (SSSR count). The predicted molar refractivity (Wildman–Crippen MR) is 82.9 cm³/mol. The highest BCUT2D eigenvalue weighted by atomic mass is 16.5. The minimum Gasteiger partial charge on any atom is -0.481 e. The standard InChI is InChI=1S/C16H24N4O2/c1-10-13(12(3)22-18-10)9-20-8-6-7-14(20)15-11(2)17-19(4)16(15)21-5/h14H,6-9H2,1-5H3/t14-/m1/s1. The highest BCUT2D eigenvalue weighted by Crippen LogP contribution is 2.39. The number of likely N-dealkylation sites (tertiary alicyclic amines) is 1. The summed E-state index contributed by atoms with van der Waals surface area (Å²) in [5, 5.41) is 8.60. The summed E-state index contributed by atoms with van der Waals surface area (Å²) in [6.07, 6.45) is 2.32. The van der Waals surface area contributed by atoms with Crippen molar-refractivity contribution in [1.29, 1.82) is 0 Å². The van der Waals surface area contributed by atoms with E-state index >= 15 is 0 Å². The van der Waals surface area contributed by atoms with Crippen LogP contribution in [0.4, 0.5) is 0 Å². The van der Waals surface area contributed by atoms with Crippen LogP contribution in [0, 0.1) is 20.8 Å². The molecule has 120 valence electrons. The van der Waals surface area contributed by atoms with Gasteiger partial charge in [-0.15, -0.1) is 0 Å². The summed E-state index contributed by atoms with van der Waals surface area (Å²) in [4.78, 5) is 2.49. The number of nitrogens with zero attached hydrogens (tertiary/aromatic N) is 4. The third kappa shape index (κ3) is 2.41. The quantitative estimate of drug-likeness (QED) is 0.869. The molecule has 0 aromatic carbocycles. The normalized spacial score (nSPS) is 19.0. The van der Waals surface area contributed by atoms with Crippen molar-refractivity contribution in [3.63, 3.8) is 0 Å². The van der Waals surface area contributed by atoms with Crippen LogP contribution >= 0.6 is 0 Å². The van der Waals surface area contributed by atoms with Crippen LogP contribution in [-0.4, -0.2) is 33.5 Å². The Morgan fingerprint density at radius 2 is 2.05 bits per heavy atom. The Bertz CT molecular complexity index is 654. The molecule has 22 heavy (non-hydrogen) atoms. The molecule has 1 aliphatic heterocycles. The summed E-state index contributed by atoms with van der Waals surface area (Å²) >= 11 is 0. The Morgan fingerprint density at radius 3 is 2.68 bits per heavy atom. The van der Waals surface area contributed by atoms with Crippen LogP contribution in [0.1, 0.15) is 47.2 Å². The smallest absolute Gasteiger partial charge is 0.216 e. The third-order valence-corrected chi connectivity index (χ3v) is 4.65. The molecule has 0 bridgehead atoms. The van der Waals surface area contributed by atoms with Crippen molar-refractivity contribution in [3.05, 3.63) is 28.3 Å². The van der Waals surface area contributed by atoms with Crippen molar-refractivity contribution in [3.8, 4) is 5.88 Å². The average Bonchev–Trinajstić information content (AvgIpc) is 3.13. The van der Waals surface area contributed by atoms with Crippen LogP contribution in [0.2, 0.25) is 0 Å². The van der Waals surface area contributed by atoms with E-state index in [1.807, 2.05) is 25.6 Å². The van der Waals surface area contributed by atoms with Crippen molar-refractivity contribution in [2.24, 2.45) is 7.05 Å². The maximum Gasteiger partial charge on any atom is 0.216 e. The van der Waals surface area contributed by atoms with Gasteiger partial charge in [-0.25, -0.2) is 4.68 Å². The zero-order chi connectivity index (χ0) is 15.9. The molecule has 0 amide bonds. The summed E-state index contributed by atoms with van der Waals surface area (Å²) in [5.74, 6) is 1.78. The Hall–Kier alpha value is -1.82. The van der Waals surface area contributed by atoms with E-state index in [0.717, 1.165) is 42.5 Å². The molecule has 0 spiro atoms. The predicted octanol–water partition coefficient (Wildman–Crippen LogP) is 2.68. The molecule has 0 N–H and O–H groups in total. The maximum atomic E-state index is 5.58. The number of aryl methyl sites for hydroxylation is 4. The van der Waals surface area contributed by atoms with Crippen molar-refractivity contribution < 1.29 is 9.26 Å². The second-order valence-electron chi connectivity index (χ2n) is 6.06. The van der Waals surface area contributed by atoms with Crippen molar-refractivity contribution >= 4 is 0 Å². The van der Waals surface area contributed by atoms with Crippen LogP contribution in [0.25, 0.3) is 0 Å². The molecule has 1 fully saturated rings. The molecule has 2 aromatic heterocycles. The lowest BCUT2D eigenvalue weighted by atomic mass is 10.0. The molecular weight excluding hydrogens is 280 g/mol. The average molecular weight is 304 g/mol. The second-order valence-corrected chi connectivity index (χ2v) is 6.06. The van der Waals surface area contributed by atoms with E-state index in [0.29, 0.717) is 6.04 Å². The van der Waals surface area contributed by atoms with Gasteiger partial charge in [0.2, 0.25) is 5.88 Å². The van der Waals surface area contributed by atoms with Crippen LogP contribution in [0.5, 0.6) is 5.88 Å².